The second kappa shape index (κ2) is 7.27. The van der Waals surface area contributed by atoms with Gasteiger partial charge in [-0.2, -0.15) is 48.3 Å². The van der Waals surface area contributed by atoms with Gasteiger partial charge in [-0.05, 0) is 12.1 Å². The number of carbonyl (C=O) groups is 1. The van der Waals surface area contributed by atoms with Gasteiger partial charge in [0, 0.05) is 12.1 Å². The fourth-order valence-corrected chi connectivity index (χ4v) is 1.43. The van der Waals surface area contributed by atoms with Crippen molar-refractivity contribution in [3.05, 3.63) is 34.4 Å². The summed E-state index contributed by atoms with van der Waals surface area (Å²) < 4.78 is 145. The highest BCUT2D eigenvalue weighted by Gasteiger charge is 2.80. The Bertz CT molecular complexity index is 774. The van der Waals surface area contributed by atoms with Gasteiger partial charge in [0.25, 0.3) is 5.69 Å². The smallest absolute Gasteiger partial charge is 0.422 e. The van der Waals surface area contributed by atoms with E-state index in [9.17, 15) is 63.2 Å². The number of hydrogen-bond donors (Lipinski definition) is 0. The molecule has 0 aliphatic carbocycles. The van der Waals surface area contributed by atoms with Gasteiger partial charge in [-0.15, -0.1) is 0 Å². The first-order valence-corrected chi connectivity index (χ1v) is 6.51. The Hall–Kier alpha value is -2.72. The molecule has 164 valence electrons. The molecule has 29 heavy (non-hydrogen) atoms. The van der Waals surface area contributed by atoms with E-state index in [1.807, 2.05) is 4.74 Å². The number of ether oxygens (including phenoxy) is 2. The van der Waals surface area contributed by atoms with Crippen LogP contribution in [0.1, 0.15) is 0 Å². The molecule has 0 N–H and O–H groups in total. The average molecular weight is 451 g/mol. The molecular formula is C12H4F11NO5. The summed E-state index contributed by atoms with van der Waals surface area (Å²) >= 11 is 0. The molecule has 0 aromatic heterocycles. The van der Waals surface area contributed by atoms with Crippen LogP contribution in [0.2, 0.25) is 0 Å². The highest BCUT2D eigenvalue weighted by molar-refractivity contribution is 5.81. The van der Waals surface area contributed by atoms with Crippen molar-refractivity contribution in [1.82, 2.24) is 0 Å². The maximum absolute atomic E-state index is 13.9. The van der Waals surface area contributed by atoms with Gasteiger partial charge in [-0.3, -0.25) is 14.9 Å². The number of nitro groups is 1. The number of halogens is 11. The molecule has 1 rings (SSSR count). The van der Waals surface area contributed by atoms with E-state index in [1.165, 1.54) is 0 Å². The molecular weight excluding hydrogens is 447 g/mol. The van der Waals surface area contributed by atoms with E-state index in [1.54, 1.807) is 0 Å². The molecule has 1 aromatic rings. The van der Waals surface area contributed by atoms with Gasteiger partial charge in [0.15, 0.2) is 0 Å². The summed E-state index contributed by atoms with van der Waals surface area (Å²) in [4.78, 5) is 20.7. The fourth-order valence-electron chi connectivity index (χ4n) is 1.43. The van der Waals surface area contributed by atoms with Gasteiger partial charge in [0.05, 0.1) is 4.92 Å². The second-order valence-electron chi connectivity index (χ2n) is 4.92. The standard InChI is InChI=1S/C12H4F11NO5/c13-8(10(16,17)18,29-12(22,23)9(14,15)11(19,20)21)7(25)28-6-3-1-5(2-4-6)24(26)27/h1-4H. The van der Waals surface area contributed by atoms with E-state index in [4.69, 9.17) is 0 Å². The van der Waals surface area contributed by atoms with E-state index in [2.05, 4.69) is 4.74 Å². The summed E-state index contributed by atoms with van der Waals surface area (Å²) in [5.41, 5.74) is -0.722. The minimum absolute atomic E-state index is 0.370. The molecule has 0 spiro atoms. The van der Waals surface area contributed by atoms with E-state index >= 15 is 0 Å². The Kier molecular flexibility index (Phi) is 6.10. The second-order valence-corrected chi connectivity index (χ2v) is 4.92. The Balaban J connectivity index is 3.27. The summed E-state index contributed by atoms with van der Waals surface area (Å²) in [6.07, 6.45) is -21.3. The molecule has 0 bridgehead atoms. The minimum atomic E-state index is -7.34. The summed E-state index contributed by atoms with van der Waals surface area (Å²) in [7, 11) is 0. The Labute approximate surface area is 150 Å². The zero-order valence-electron chi connectivity index (χ0n) is 13.0. The highest BCUT2D eigenvalue weighted by atomic mass is 19.4. The normalized spacial score (nSPS) is 15.6. The third kappa shape index (κ3) is 4.65. The lowest BCUT2D eigenvalue weighted by atomic mass is 10.2. The number of alkyl halides is 11. The predicted octanol–water partition coefficient (Wildman–Crippen LogP) is 4.54. The summed E-state index contributed by atoms with van der Waals surface area (Å²) in [5, 5.41) is 10.4. The van der Waals surface area contributed by atoms with Crippen molar-refractivity contribution < 1.29 is 67.5 Å². The summed E-state index contributed by atoms with van der Waals surface area (Å²) in [6, 6.07) is 1.72. The molecule has 0 aliphatic rings. The number of nitro benzene ring substituents is 1. The van der Waals surface area contributed by atoms with Gasteiger partial charge >= 0.3 is 36.2 Å². The van der Waals surface area contributed by atoms with Gasteiger partial charge in [-0.1, -0.05) is 0 Å². The van der Waals surface area contributed by atoms with E-state index < -0.39 is 52.6 Å². The van der Waals surface area contributed by atoms with Crippen LogP contribution < -0.4 is 4.74 Å². The SMILES string of the molecule is O=C(Oc1ccc([N+](=O)[O-])cc1)C(F)(OC(F)(F)C(F)(F)C(F)(F)F)C(F)(F)F. The van der Waals surface area contributed by atoms with Crippen molar-refractivity contribution in [1.29, 1.82) is 0 Å². The molecule has 0 aliphatic heterocycles. The third-order valence-electron chi connectivity index (χ3n) is 2.88. The van der Waals surface area contributed by atoms with Crippen LogP contribution in [0.5, 0.6) is 5.75 Å². The van der Waals surface area contributed by atoms with Gasteiger partial charge in [0.2, 0.25) is 0 Å². The predicted molar refractivity (Wildman–Crippen MR) is 65.7 cm³/mol. The zero-order valence-corrected chi connectivity index (χ0v) is 13.0. The Morgan fingerprint density at radius 3 is 1.62 bits per heavy atom. The molecule has 1 unspecified atom stereocenters. The van der Waals surface area contributed by atoms with E-state index in [0.29, 0.717) is 24.3 Å². The highest BCUT2D eigenvalue weighted by Crippen LogP contribution is 2.51. The van der Waals surface area contributed by atoms with Crippen LogP contribution in [-0.2, 0) is 9.53 Å². The van der Waals surface area contributed by atoms with Crippen LogP contribution in [0.25, 0.3) is 0 Å². The topological polar surface area (TPSA) is 78.7 Å². The van der Waals surface area contributed by atoms with Crippen LogP contribution in [0.15, 0.2) is 24.3 Å². The van der Waals surface area contributed by atoms with Crippen molar-refractivity contribution in [2.75, 3.05) is 0 Å². The molecule has 0 heterocycles. The lowest BCUT2D eigenvalue weighted by Crippen LogP contribution is -2.62. The van der Waals surface area contributed by atoms with Crippen LogP contribution >= 0.6 is 0 Å². The minimum Gasteiger partial charge on any atom is -0.422 e. The first kappa shape index (κ1) is 24.3. The molecule has 0 saturated carbocycles. The van der Waals surface area contributed by atoms with Crippen molar-refractivity contribution in [3.8, 4) is 5.75 Å². The van der Waals surface area contributed by atoms with Crippen molar-refractivity contribution in [2.45, 2.75) is 30.2 Å². The maximum Gasteiger partial charge on any atom is 0.462 e. The molecule has 0 fully saturated rings. The quantitative estimate of drug-likeness (QED) is 0.209. The molecule has 0 radical (unpaired) electrons. The number of carbonyl (C=O) groups excluding carboxylic acids is 1. The number of nitrogens with zero attached hydrogens (tertiary/aromatic N) is 1. The maximum atomic E-state index is 13.9. The van der Waals surface area contributed by atoms with Crippen LogP contribution in [-0.4, -0.2) is 41.1 Å². The monoisotopic (exact) mass is 451 g/mol. The first-order chi connectivity index (χ1) is 12.8. The number of hydrogen-bond acceptors (Lipinski definition) is 5. The fraction of sp³-hybridized carbons (Fsp3) is 0.417. The van der Waals surface area contributed by atoms with E-state index in [-0.39, 0.29) is 0 Å². The van der Waals surface area contributed by atoms with Crippen molar-refractivity contribution in [3.63, 3.8) is 0 Å². The lowest BCUT2D eigenvalue weighted by molar-refractivity contribution is -0.474. The first-order valence-electron chi connectivity index (χ1n) is 6.51. The van der Waals surface area contributed by atoms with E-state index in [0.717, 1.165) is 0 Å². The van der Waals surface area contributed by atoms with Gasteiger partial charge in [0.1, 0.15) is 5.75 Å². The van der Waals surface area contributed by atoms with Crippen LogP contribution in [0, 0.1) is 10.1 Å². The molecule has 1 aromatic carbocycles. The summed E-state index contributed by atoms with van der Waals surface area (Å²) in [6.45, 7) is 0. The van der Waals surface area contributed by atoms with Crippen LogP contribution in [0.3, 0.4) is 0 Å². The number of rotatable bonds is 6. The largest absolute Gasteiger partial charge is 0.462 e. The number of non-ortho nitro benzene ring substituents is 1. The summed E-state index contributed by atoms with van der Waals surface area (Å²) in [5.74, 6) is -18.5. The third-order valence-corrected chi connectivity index (χ3v) is 2.88. The molecule has 1 atom stereocenters. The molecule has 17 heteroatoms. The van der Waals surface area contributed by atoms with Crippen molar-refractivity contribution >= 4 is 11.7 Å². The Morgan fingerprint density at radius 1 is 0.828 bits per heavy atom. The number of benzene rings is 1. The number of esters is 1. The average Bonchev–Trinajstić information content (AvgIpc) is 2.52. The van der Waals surface area contributed by atoms with Crippen LogP contribution in [0.4, 0.5) is 54.0 Å². The zero-order chi connectivity index (χ0) is 23.1. The van der Waals surface area contributed by atoms with Gasteiger partial charge < -0.3 is 4.74 Å². The lowest BCUT2D eigenvalue weighted by Gasteiger charge is -2.33. The van der Waals surface area contributed by atoms with Gasteiger partial charge in [-0.25, -0.2) is 4.79 Å². The molecule has 0 amide bonds. The molecule has 6 nitrogen and oxygen atoms in total. The Morgan fingerprint density at radius 2 is 1.28 bits per heavy atom. The molecule has 0 saturated heterocycles. The van der Waals surface area contributed by atoms with Crippen molar-refractivity contribution in [2.24, 2.45) is 0 Å².